The lowest BCUT2D eigenvalue weighted by molar-refractivity contribution is -0.165. The van der Waals surface area contributed by atoms with Gasteiger partial charge in [-0.15, -0.1) is 0 Å². The molecule has 0 aliphatic rings. The van der Waals surface area contributed by atoms with Crippen molar-refractivity contribution in [2.75, 3.05) is 0 Å². The first kappa shape index (κ1) is 12.8. The van der Waals surface area contributed by atoms with Crippen molar-refractivity contribution in [2.45, 2.75) is 18.8 Å². The average Bonchev–Trinajstić information content (AvgIpc) is 2.19. The van der Waals surface area contributed by atoms with Crippen LogP contribution in [0.5, 0.6) is 0 Å². The molecule has 0 amide bonds. The van der Waals surface area contributed by atoms with E-state index in [2.05, 4.69) is 0 Å². The fourth-order valence-electron chi connectivity index (χ4n) is 1.13. The van der Waals surface area contributed by atoms with Crippen LogP contribution >= 0.6 is 11.6 Å². The van der Waals surface area contributed by atoms with Crippen LogP contribution in [0.1, 0.15) is 12.0 Å². The maximum absolute atomic E-state index is 13.1. The zero-order valence-corrected chi connectivity index (χ0v) is 8.77. The van der Waals surface area contributed by atoms with Gasteiger partial charge in [0.1, 0.15) is 5.82 Å². The third kappa shape index (κ3) is 3.13. The van der Waals surface area contributed by atoms with Crippen molar-refractivity contribution >= 4 is 17.6 Å². The van der Waals surface area contributed by atoms with Crippen molar-refractivity contribution in [1.29, 1.82) is 0 Å². The average molecular weight is 253 g/mol. The molecule has 2 nitrogen and oxygen atoms in total. The minimum absolute atomic E-state index is 0.0200. The number of aliphatic carboxylic acids is 1. The number of halogens is 4. The predicted molar refractivity (Wildman–Crippen MR) is 52.3 cm³/mol. The maximum Gasteiger partial charge on any atom is 0.374 e. The highest BCUT2D eigenvalue weighted by atomic mass is 35.5. The van der Waals surface area contributed by atoms with Gasteiger partial charge in [-0.05, 0) is 30.2 Å². The fraction of sp³-hybridized carbons (Fsp3) is 0.300. The molecular weight excluding hydrogens is 245 g/mol. The van der Waals surface area contributed by atoms with Gasteiger partial charge in [0.05, 0.1) is 0 Å². The molecule has 0 heterocycles. The second-order valence-electron chi connectivity index (χ2n) is 3.25. The third-order valence-electron chi connectivity index (χ3n) is 2.03. The van der Waals surface area contributed by atoms with E-state index in [1.165, 1.54) is 12.1 Å². The van der Waals surface area contributed by atoms with Crippen molar-refractivity contribution in [3.8, 4) is 0 Å². The Hall–Kier alpha value is -1.23. The molecule has 0 fully saturated rings. The fourth-order valence-corrected chi connectivity index (χ4v) is 1.33. The number of carboxylic acid groups (broad SMARTS) is 1. The predicted octanol–water partition coefficient (Wildman–Crippen LogP) is 3.13. The number of carboxylic acids is 1. The topological polar surface area (TPSA) is 37.3 Å². The molecule has 1 aromatic rings. The number of alkyl halides is 2. The quantitative estimate of drug-likeness (QED) is 0.894. The van der Waals surface area contributed by atoms with E-state index in [0.29, 0.717) is 0 Å². The molecule has 88 valence electrons. The van der Waals surface area contributed by atoms with Crippen LogP contribution in [0.4, 0.5) is 13.2 Å². The lowest BCUT2D eigenvalue weighted by Crippen LogP contribution is -2.28. The Balaban J connectivity index is 2.75. The molecule has 0 bridgehead atoms. The number of hydrogen-bond acceptors (Lipinski definition) is 1. The van der Waals surface area contributed by atoms with Gasteiger partial charge >= 0.3 is 11.9 Å². The molecule has 16 heavy (non-hydrogen) atoms. The van der Waals surface area contributed by atoms with Gasteiger partial charge in [0.15, 0.2) is 0 Å². The molecule has 0 radical (unpaired) electrons. The molecule has 0 aliphatic carbocycles. The molecule has 6 heteroatoms. The summed E-state index contributed by atoms with van der Waals surface area (Å²) >= 11 is 5.56. The smallest absolute Gasteiger partial charge is 0.374 e. The minimum Gasteiger partial charge on any atom is -0.477 e. The normalized spacial score (nSPS) is 11.5. The summed E-state index contributed by atoms with van der Waals surface area (Å²) in [6, 6.07) is 3.54. The standard InChI is InChI=1S/C10H8ClF3O2/c11-7-1-2-8(12)6(5-7)3-4-10(13,14)9(15)16/h1-2,5H,3-4H2,(H,15,16). The van der Waals surface area contributed by atoms with E-state index in [4.69, 9.17) is 16.7 Å². The van der Waals surface area contributed by atoms with E-state index < -0.39 is 24.1 Å². The van der Waals surface area contributed by atoms with Crippen molar-refractivity contribution in [3.05, 3.63) is 34.6 Å². The SMILES string of the molecule is O=C(O)C(F)(F)CCc1cc(Cl)ccc1F. The maximum atomic E-state index is 13.1. The van der Waals surface area contributed by atoms with E-state index in [0.717, 1.165) is 6.07 Å². The zero-order chi connectivity index (χ0) is 12.3. The van der Waals surface area contributed by atoms with E-state index in [1.54, 1.807) is 0 Å². The van der Waals surface area contributed by atoms with Crippen molar-refractivity contribution < 1.29 is 23.1 Å². The van der Waals surface area contributed by atoms with Gasteiger partial charge in [-0.1, -0.05) is 11.6 Å². The Morgan fingerprint density at radius 1 is 1.44 bits per heavy atom. The van der Waals surface area contributed by atoms with Gasteiger partial charge in [-0.25, -0.2) is 9.18 Å². The molecule has 0 saturated carbocycles. The second kappa shape index (κ2) is 4.74. The summed E-state index contributed by atoms with van der Waals surface area (Å²) in [5, 5.41) is 8.39. The Labute approximate surface area is 94.6 Å². The third-order valence-corrected chi connectivity index (χ3v) is 2.26. The summed E-state index contributed by atoms with van der Waals surface area (Å²) in [5.41, 5.74) is -0.0200. The summed E-state index contributed by atoms with van der Waals surface area (Å²) in [7, 11) is 0. The number of carbonyl (C=O) groups is 1. The molecule has 1 aromatic carbocycles. The largest absolute Gasteiger partial charge is 0.477 e. The first-order chi connectivity index (χ1) is 7.33. The monoisotopic (exact) mass is 252 g/mol. The van der Waals surface area contributed by atoms with Gasteiger partial charge in [-0.2, -0.15) is 8.78 Å². The second-order valence-corrected chi connectivity index (χ2v) is 3.68. The van der Waals surface area contributed by atoms with Crippen molar-refractivity contribution in [1.82, 2.24) is 0 Å². The molecule has 0 aliphatic heterocycles. The Morgan fingerprint density at radius 2 is 2.06 bits per heavy atom. The van der Waals surface area contributed by atoms with E-state index in [1.807, 2.05) is 0 Å². The van der Waals surface area contributed by atoms with Gasteiger partial charge in [-0.3, -0.25) is 0 Å². The van der Waals surface area contributed by atoms with Crippen LogP contribution < -0.4 is 0 Å². The highest BCUT2D eigenvalue weighted by Gasteiger charge is 2.38. The molecule has 0 saturated heterocycles. The van der Waals surface area contributed by atoms with Gasteiger partial charge in [0.25, 0.3) is 0 Å². The molecule has 1 N–H and O–H groups in total. The minimum atomic E-state index is -3.85. The summed E-state index contributed by atoms with van der Waals surface area (Å²) in [6.07, 6.45) is -1.34. The Bertz CT molecular complexity index is 407. The van der Waals surface area contributed by atoms with Crippen molar-refractivity contribution in [3.63, 3.8) is 0 Å². The first-order valence-electron chi connectivity index (χ1n) is 4.38. The van der Waals surface area contributed by atoms with Crippen LogP contribution in [-0.4, -0.2) is 17.0 Å². The lowest BCUT2D eigenvalue weighted by Gasteiger charge is -2.11. The summed E-state index contributed by atoms with van der Waals surface area (Å²) in [4.78, 5) is 10.1. The van der Waals surface area contributed by atoms with Crippen LogP contribution in [0.15, 0.2) is 18.2 Å². The van der Waals surface area contributed by atoms with Crippen LogP contribution in [0.2, 0.25) is 5.02 Å². The molecule has 0 unspecified atom stereocenters. The molecule has 0 spiro atoms. The van der Waals surface area contributed by atoms with E-state index in [9.17, 15) is 18.0 Å². The highest BCUT2D eigenvalue weighted by molar-refractivity contribution is 6.30. The molecule has 0 atom stereocenters. The van der Waals surface area contributed by atoms with E-state index >= 15 is 0 Å². The molecule has 0 aromatic heterocycles. The number of rotatable bonds is 4. The number of aryl methyl sites for hydroxylation is 1. The Morgan fingerprint density at radius 3 is 2.62 bits per heavy atom. The Kier molecular flexibility index (Phi) is 3.80. The molecular formula is C10H8ClF3O2. The number of hydrogen-bond donors (Lipinski definition) is 1. The molecule has 1 rings (SSSR count). The summed E-state index contributed by atoms with van der Waals surface area (Å²) < 4.78 is 38.5. The summed E-state index contributed by atoms with van der Waals surface area (Å²) in [6.45, 7) is 0. The number of benzene rings is 1. The lowest BCUT2D eigenvalue weighted by atomic mass is 10.1. The first-order valence-corrected chi connectivity index (χ1v) is 4.76. The van der Waals surface area contributed by atoms with Gasteiger partial charge in [0.2, 0.25) is 0 Å². The van der Waals surface area contributed by atoms with Crippen molar-refractivity contribution in [2.24, 2.45) is 0 Å². The van der Waals surface area contributed by atoms with Crippen LogP contribution in [-0.2, 0) is 11.2 Å². The zero-order valence-electron chi connectivity index (χ0n) is 8.01. The van der Waals surface area contributed by atoms with Crippen LogP contribution in [0.3, 0.4) is 0 Å². The van der Waals surface area contributed by atoms with Crippen LogP contribution in [0.25, 0.3) is 0 Å². The highest BCUT2D eigenvalue weighted by Crippen LogP contribution is 2.23. The van der Waals surface area contributed by atoms with Crippen LogP contribution in [0, 0.1) is 5.82 Å². The van der Waals surface area contributed by atoms with Gasteiger partial charge in [0, 0.05) is 11.4 Å². The van der Waals surface area contributed by atoms with Gasteiger partial charge < -0.3 is 5.11 Å². The van der Waals surface area contributed by atoms with E-state index in [-0.39, 0.29) is 17.0 Å². The summed E-state index contributed by atoms with van der Waals surface area (Å²) in [5.74, 6) is -6.74.